The maximum absolute atomic E-state index is 14.2. The maximum atomic E-state index is 14.2. The molecule has 1 saturated heterocycles. The summed E-state index contributed by atoms with van der Waals surface area (Å²) < 4.78 is 46.8. The fourth-order valence-electron chi connectivity index (χ4n) is 4.12. The van der Waals surface area contributed by atoms with Gasteiger partial charge in [-0.2, -0.15) is 4.31 Å². The lowest BCUT2D eigenvalue weighted by Gasteiger charge is -2.34. The van der Waals surface area contributed by atoms with Crippen molar-refractivity contribution in [3.63, 3.8) is 0 Å². The predicted octanol–water partition coefficient (Wildman–Crippen LogP) is 2.86. The first-order valence-corrected chi connectivity index (χ1v) is 11.6. The third-order valence-corrected chi connectivity index (χ3v) is 7.78. The SMILES string of the molecule is COc1ccc(C(=O)N2CCN(S(=O)(=O)c3ccc4c(c3)CCCC4)CC2)c(F)c1. The standard InChI is InChI=1S/C22H25FN2O4S/c1-29-18-7-9-20(21(23)15-18)22(26)24-10-12-25(13-11-24)30(27,28)19-8-6-16-4-2-3-5-17(16)14-19/h6-9,14-15H,2-5,10-13H2,1H3. The van der Waals surface area contributed by atoms with E-state index < -0.39 is 21.7 Å². The first kappa shape index (κ1) is 20.8. The lowest BCUT2D eigenvalue weighted by atomic mass is 9.92. The van der Waals surface area contributed by atoms with E-state index in [9.17, 15) is 17.6 Å². The van der Waals surface area contributed by atoms with Crippen LogP contribution in [0.1, 0.15) is 34.3 Å². The van der Waals surface area contributed by atoms with Crippen LogP contribution in [0, 0.1) is 5.82 Å². The molecule has 0 unspecified atom stereocenters. The number of halogens is 1. The summed E-state index contributed by atoms with van der Waals surface area (Å²) in [5, 5.41) is 0. The largest absolute Gasteiger partial charge is 0.497 e. The summed E-state index contributed by atoms with van der Waals surface area (Å²) in [6.07, 6.45) is 4.13. The topological polar surface area (TPSA) is 66.9 Å². The van der Waals surface area contributed by atoms with Crippen molar-refractivity contribution < 1.29 is 22.3 Å². The maximum Gasteiger partial charge on any atom is 0.256 e. The van der Waals surface area contributed by atoms with Gasteiger partial charge in [-0.05, 0) is 61.1 Å². The van der Waals surface area contributed by atoms with Crippen molar-refractivity contribution in [1.82, 2.24) is 9.21 Å². The molecule has 1 aliphatic heterocycles. The monoisotopic (exact) mass is 432 g/mol. The van der Waals surface area contributed by atoms with Gasteiger partial charge in [0.1, 0.15) is 11.6 Å². The number of benzene rings is 2. The fraction of sp³-hybridized carbons (Fsp3) is 0.409. The summed E-state index contributed by atoms with van der Waals surface area (Å²) in [5.74, 6) is -0.755. The fourth-order valence-corrected chi connectivity index (χ4v) is 5.59. The first-order valence-electron chi connectivity index (χ1n) is 10.1. The minimum Gasteiger partial charge on any atom is -0.497 e. The molecule has 2 aromatic rings. The van der Waals surface area contributed by atoms with Crippen LogP contribution in [0.25, 0.3) is 0 Å². The zero-order valence-corrected chi connectivity index (χ0v) is 17.8. The van der Waals surface area contributed by atoms with Crippen LogP contribution in [0.3, 0.4) is 0 Å². The molecule has 0 aromatic heterocycles. The summed E-state index contributed by atoms with van der Waals surface area (Å²) in [5.41, 5.74) is 2.31. The van der Waals surface area contributed by atoms with E-state index in [1.165, 1.54) is 40.1 Å². The van der Waals surface area contributed by atoms with Crippen LogP contribution in [-0.4, -0.2) is 56.8 Å². The highest BCUT2D eigenvalue weighted by atomic mass is 32.2. The van der Waals surface area contributed by atoms with Crippen LogP contribution in [0.15, 0.2) is 41.3 Å². The number of carbonyl (C=O) groups is 1. The molecule has 1 heterocycles. The Balaban J connectivity index is 1.45. The summed E-state index contributed by atoms with van der Waals surface area (Å²) in [6, 6.07) is 9.51. The Morgan fingerprint density at radius 3 is 2.33 bits per heavy atom. The number of piperazine rings is 1. The highest BCUT2D eigenvalue weighted by molar-refractivity contribution is 7.89. The van der Waals surface area contributed by atoms with Crippen LogP contribution < -0.4 is 4.74 Å². The molecule has 30 heavy (non-hydrogen) atoms. The molecular formula is C22H25FN2O4S. The Morgan fingerprint density at radius 2 is 1.67 bits per heavy atom. The van der Waals surface area contributed by atoms with Gasteiger partial charge >= 0.3 is 0 Å². The van der Waals surface area contributed by atoms with Gasteiger partial charge < -0.3 is 9.64 Å². The van der Waals surface area contributed by atoms with Crippen LogP contribution >= 0.6 is 0 Å². The summed E-state index contributed by atoms with van der Waals surface area (Å²) in [7, 11) is -2.19. The number of methoxy groups -OCH3 is 1. The van der Waals surface area contributed by atoms with Crippen LogP contribution in [0.5, 0.6) is 5.75 Å². The molecule has 160 valence electrons. The molecule has 0 N–H and O–H groups in total. The minimum absolute atomic E-state index is 0.0400. The highest BCUT2D eigenvalue weighted by Crippen LogP contribution is 2.26. The van der Waals surface area contributed by atoms with Crippen molar-refractivity contribution in [3.05, 3.63) is 58.9 Å². The van der Waals surface area contributed by atoms with E-state index in [0.29, 0.717) is 10.6 Å². The van der Waals surface area contributed by atoms with Gasteiger partial charge in [-0.25, -0.2) is 12.8 Å². The number of nitrogens with zero attached hydrogens (tertiary/aromatic N) is 2. The molecule has 2 aromatic carbocycles. The molecule has 0 bridgehead atoms. The molecule has 2 aliphatic rings. The third kappa shape index (κ3) is 3.94. The second-order valence-corrected chi connectivity index (χ2v) is 9.62. The summed E-state index contributed by atoms with van der Waals surface area (Å²) in [4.78, 5) is 14.5. The molecule has 8 heteroatoms. The van der Waals surface area contributed by atoms with E-state index >= 15 is 0 Å². The Hall–Kier alpha value is -2.45. The Kier molecular flexibility index (Phi) is 5.79. The van der Waals surface area contributed by atoms with Gasteiger partial charge in [0.2, 0.25) is 10.0 Å². The zero-order chi connectivity index (χ0) is 21.3. The summed E-state index contributed by atoms with van der Waals surface area (Å²) in [6.45, 7) is 0.800. The van der Waals surface area contributed by atoms with E-state index in [1.807, 2.05) is 6.07 Å². The number of ether oxygens (including phenoxy) is 1. The average molecular weight is 433 g/mol. The van der Waals surface area contributed by atoms with Crippen molar-refractivity contribution >= 4 is 15.9 Å². The molecule has 0 radical (unpaired) electrons. The third-order valence-electron chi connectivity index (χ3n) is 5.89. The predicted molar refractivity (Wildman–Crippen MR) is 111 cm³/mol. The number of rotatable bonds is 4. The number of fused-ring (bicyclic) bond motifs is 1. The second-order valence-electron chi connectivity index (χ2n) is 7.68. The minimum atomic E-state index is -3.62. The molecule has 0 saturated carbocycles. The molecule has 0 spiro atoms. The van der Waals surface area contributed by atoms with Gasteiger partial charge in [-0.15, -0.1) is 0 Å². The molecule has 1 amide bonds. The van der Waals surface area contributed by atoms with E-state index in [0.717, 1.165) is 31.2 Å². The van der Waals surface area contributed by atoms with Crippen molar-refractivity contribution in [2.24, 2.45) is 0 Å². The van der Waals surface area contributed by atoms with E-state index in [4.69, 9.17) is 4.74 Å². The highest BCUT2D eigenvalue weighted by Gasteiger charge is 2.31. The van der Waals surface area contributed by atoms with Gasteiger partial charge in [0.05, 0.1) is 17.6 Å². The quantitative estimate of drug-likeness (QED) is 0.745. The molecule has 1 aliphatic carbocycles. The Morgan fingerprint density at radius 1 is 0.967 bits per heavy atom. The van der Waals surface area contributed by atoms with Gasteiger partial charge in [0.15, 0.2) is 0 Å². The van der Waals surface area contributed by atoms with Gasteiger partial charge in [0, 0.05) is 32.2 Å². The Bertz CT molecular complexity index is 1060. The first-order chi connectivity index (χ1) is 14.4. The number of aryl methyl sites for hydroxylation is 2. The van der Waals surface area contributed by atoms with Crippen molar-refractivity contribution in [3.8, 4) is 5.75 Å². The van der Waals surface area contributed by atoms with E-state index in [-0.39, 0.29) is 31.7 Å². The molecule has 6 nitrogen and oxygen atoms in total. The summed E-state index contributed by atoms with van der Waals surface area (Å²) >= 11 is 0. The lowest BCUT2D eigenvalue weighted by Crippen LogP contribution is -2.50. The Labute approximate surface area is 176 Å². The van der Waals surface area contributed by atoms with E-state index in [1.54, 1.807) is 12.1 Å². The van der Waals surface area contributed by atoms with Crippen molar-refractivity contribution in [2.75, 3.05) is 33.3 Å². The van der Waals surface area contributed by atoms with Gasteiger partial charge in [0.25, 0.3) is 5.91 Å². The molecular weight excluding hydrogens is 407 g/mol. The van der Waals surface area contributed by atoms with E-state index in [2.05, 4.69) is 0 Å². The number of sulfonamides is 1. The molecule has 1 fully saturated rings. The van der Waals surface area contributed by atoms with Crippen LogP contribution in [-0.2, 0) is 22.9 Å². The number of amides is 1. The molecule has 0 atom stereocenters. The second kappa shape index (κ2) is 8.35. The normalized spacial score (nSPS) is 17.5. The number of hydrogen-bond acceptors (Lipinski definition) is 4. The smallest absolute Gasteiger partial charge is 0.256 e. The zero-order valence-electron chi connectivity index (χ0n) is 16.9. The van der Waals surface area contributed by atoms with Crippen LogP contribution in [0.4, 0.5) is 4.39 Å². The van der Waals surface area contributed by atoms with Gasteiger partial charge in [-0.1, -0.05) is 6.07 Å². The number of hydrogen-bond donors (Lipinski definition) is 0. The van der Waals surface area contributed by atoms with Crippen molar-refractivity contribution in [1.29, 1.82) is 0 Å². The lowest BCUT2D eigenvalue weighted by molar-refractivity contribution is 0.0693. The van der Waals surface area contributed by atoms with Crippen molar-refractivity contribution in [2.45, 2.75) is 30.6 Å². The van der Waals surface area contributed by atoms with Crippen LogP contribution in [0.2, 0.25) is 0 Å². The molecule has 4 rings (SSSR count). The van der Waals surface area contributed by atoms with Gasteiger partial charge in [-0.3, -0.25) is 4.79 Å². The average Bonchev–Trinajstić information content (AvgIpc) is 2.78. The number of carbonyl (C=O) groups excluding carboxylic acids is 1.